The molecule has 0 aromatic heterocycles. The Kier molecular flexibility index (Phi) is 29.4. The van der Waals surface area contributed by atoms with Crippen molar-refractivity contribution < 1.29 is 0 Å². The lowest BCUT2D eigenvalue weighted by Crippen LogP contribution is -2.42. The third-order valence-corrected chi connectivity index (χ3v) is 11.2. The molecule has 0 rings (SSSR count). The van der Waals surface area contributed by atoms with E-state index in [9.17, 15) is 0 Å². The molecule has 0 radical (unpaired) electrons. The van der Waals surface area contributed by atoms with Crippen LogP contribution in [0.4, 0.5) is 0 Å². The quantitative estimate of drug-likeness (QED) is 0.0551. The van der Waals surface area contributed by atoms with Gasteiger partial charge in [-0.2, -0.15) is 37.9 Å². The summed E-state index contributed by atoms with van der Waals surface area (Å²) in [6.45, 7) is 6.90. The molecular formula is C34H70S3. The molecule has 0 amide bonds. The second kappa shape index (κ2) is 28.6. The Hall–Kier alpha value is 1.05. The van der Waals surface area contributed by atoms with Gasteiger partial charge in [-0.05, 0) is 19.3 Å². The van der Waals surface area contributed by atoms with E-state index >= 15 is 0 Å². The summed E-state index contributed by atoms with van der Waals surface area (Å²) in [4.78, 5) is 0. The van der Waals surface area contributed by atoms with Gasteiger partial charge in [0.25, 0.3) is 0 Å². The molecule has 3 atom stereocenters. The van der Waals surface area contributed by atoms with Crippen LogP contribution in [0.2, 0.25) is 0 Å². The molecule has 0 spiro atoms. The van der Waals surface area contributed by atoms with Crippen LogP contribution in [0.1, 0.15) is 201 Å². The van der Waals surface area contributed by atoms with Crippen LogP contribution >= 0.6 is 37.9 Å². The second-order valence-corrected chi connectivity index (χ2v) is 14.2. The fourth-order valence-corrected chi connectivity index (χ4v) is 7.23. The molecule has 0 aromatic rings. The maximum Gasteiger partial charge on any atom is 0.0361 e. The fourth-order valence-electron chi connectivity index (χ4n) is 5.72. The normalized spacial score (nSPS) is 15.1. The van der Waals surface area contributed by atoms with Crippen molar-refractivity contribution in [2.75, 3.05) is 0 Å². The maximum absolute atomic E-state index is 5.34. The van der Waals surface area contributed by atoms with Crippen molar-refractivity contribution >= 4 is 37.9 Å². The fraction of sp³-hybridized carbons (Fsp3) is 1.00. The topological polar surface area (TPSA) is 0 Å². The summed E-state index contributed by atoms with van der Waals surface area (Å²) in [6.07, 6.45) is 38.3. The van der Waals surface area contributed by atoms with E-state index in [-0.39, 0.29) is 4.75 Å². The molecule has 0 aliphatic heterocycles. The van der Waals surface area contributed by atoms with Crippen molar-refractivity contribution in [3.05, 3.63) is 0 Å². The Morgan fingerprint density at radius 3 is 0.919 bits per heavy atom. The molecule has 37 heavy (non-hydrogen) atoms. The van der Waals surface area contributed by atoms with Gasteiger partial charge in [0.1, 0.15) is 0 Å². The highest BCUT2D eigenvalue weighted by Crippen LogP contribution is 2.40. The highest BCUT2D eigenvalue weighted by molar-refractivity contribution is 7.88. The van der Waals surface area contributed by atoms with Crippen LogP contribution in [0.5, 0.6) is 0 Å². The van der Waals surface area contributed by atoms with Gasteiger partial charge in [-0.15, -0.1) is 0 Å². The summed E-state index contributed by atoms with van der Waals surface area (Å²) in [5.74, 6) is 0. The van der Waals surface area contributed by atoms with E-state index in [1.165, 1.54) is 180 Å². The average molecular weight is 575 g/mol. The molecule has 0 aliphatic rings. The minimum atomic E-state index is -0.0291. The van der Waals surface area contributed by atoms with Gasteiger partial charge >= 0.3 is 0 Å². The van der Waals surface area contributed by atoms with Crippen LogP contribution in [-0.2, 0) is 0 Å². The van der Waals surface area contributed by atoms with E-state index in [0.29, 0.717) is 10.5 Å². The Morgan fingerprint density at radius 2 is 0.622 bits per heavy atom. The summed E-state index contributed by atoms with van der Waals surface area (Å²) >= 11 is 15.6. The third-order valence-electron chi connectivity index (χ3n) is 8.50. The van der Waals surface area contributed by atoms with E-state index in [4.69, 9.17) is 37.9 Å². The van der Waals surface area contributed by atoms with E-state index in [2.05, 4.69) is 20.8 Å². The van der Waals surface area contributed by atoms with Crippen LogP contribution in [-0.4, -0.2) is 15.2 Å². The summed E-state index contributed by atoms with van der Waals surface area (Å²) in [5.41, 5.74) is 0. The van der Waals surface area contributed by atoms with Gasteiger partial charge in [0, 0.05) is 15.2 Å². The van der Waals surface area contributed by atoms with E-state index < -0.39 is 0 Å². The van der Waals surface area contributed by atoms with Crippen molar-refractivity contribution in [2.24, 2.45) is 0 Å². The minimum Gasteiger partial charge on any atom is -0.174 e. The van der Waals surface area contributed by atoms with Gasteiger partial charge in [-0.25, -0.2) is 0 Å². The Labute approximate surface area is 252 Å². The predicted octanol–water partition coefficient (Wildman–Crippen LogP) is 13.2. The molecule has 3 heteroatoms. The lowest BCUT2D eigenvalue weighted by molar-refractivity contribution is 0.429. The van der Waals surface area contributed by atoms with Crippen LogP contribution < -0.4 is 0 Å². The van der Waals surface area contributed by atoms with Crippen molar-refractivity contribution in [3.8, 4) is 0 Å². The summed E-state index contributed by atoms with van der Waals surface area (Å²) in [6, 6.07) is 0. The largest absolute Gasteiger partial charge is 0.174 e. The van der Waals surface area contributed by atoms with Crippen LogP contribution in [0, 0.1) is 0 Å². The lowest BCUT2D eigenvalue weighted by atomic mass is 9.87. The lowest BCUT2D eigenvalue weighted by Gasteiger charge is -2.39. The van der Waals surface area contributed by atoms with Gasteiger partial charge < -0.3 is 0 Å². The number of unbranched alkanes of at least 4 members (excludes halogenated alkanes) is 22. The van der Waals surface area contributed by atoms with Gasteiger partial charge in [-0.1, -0.05) is 181 Å². The van der Waals surface area contributed by atoms with E-state index in [1.807, 2.05) is 0 Å². The Bertz CT molecular complexity index is 441. The molecule has 3 unspecified atom stereocenters. The molecule has 0 N–H and O–H groups in total. The van der Waals surface area contributed by atoms with Crippen molar-refractivity contribution in [1.82, 2.24) is 0 Å². The van der Waals surface area contributed by atoms with Gasteiger partial charge in [0.05, 0.1) is 0 Å². The third kappa shape index (κ3) is 22.4. The van der Waals surface area contributed by atoms with Crippen LogP contribution in [0.25, 0.3) is 0 Å². The van der Waals surface area contributed by atoms with Crippen LogP contribution in [0.15, 0.2) is 0 Å². The highest BCUT2D eigenvalue weighted by Gasteiger charge is 2.38. The molecule has 0 bridgehead atoms. The molecule has 0 aromatic carbocycles. The zero-order valence-corrected chi connectivity index (χ0v) is 28.5. The molecule has 0 saturated heterocycles. The summed E-state index contributed by atoms with van der Waals surface area (Å²) < 4.78 is -0.0291. The first-order valence-electron chi connectivity index (χ1n) is 17.1. The summed E-state index contributed by atoms with van der Waals surface area (Å²) in [7, 11) is 0. The van der Waals surface area contributed by atoms with Crippen molar-refractivity contribution in [1.29, 1.82) is 0 Å². The smallest absolute Gasteiger partial charge is 0.0361 e. The van der Waals surface area contributed by atoms with Gasteiger partial charge in [-0.3, -0.25) is 0 Å². The van der Waals surface area contributed by atoms with Crippen LogP contribution in [0.3, 0.4) is 0 Å². The number of hydrogen-bond donors (Lipinski definition) is 3. The van der Waals surface area contributed by atoms with Crippen molar-refractivity contribution in [3.63, 3.8) is 0 Å². The van der Waals surface area contributed by atoms with E-state index in [1.54, 1.807) is 0 Å². The molecule has 0 saturated carbocycles. The molecular weight excluding hydrogens is 505 g/mol. The zero-order chi connectivity index (χ0) is 27.5. The SMILES string of the molecule is CCCCCCCCCCCCCCCC(S)C(S)(CCCCC)C(S)CCCCCCCCCCC. The maximum atomic E-state index is 5.34. The molecule has 224 valence electrons. The Morgan fingerprint density at radius 1 is 0.378 bits per heavy atom. The van der Waals surface area contributed by atoms with Crippen molar-refractivity contribution in [2.45, 2.75) is 216 Å². The predicted molar refractivity (Wildman–Crippen MR) is 184 cm³/mol. The number of rotatable bonds is 30. The zero-order valence-electron chi connectivity index (χ0n) is 25.8. The summed E-state index contributed by atoms with van der Waals surface area (Å²) in [5, 5.41) is 0.725. The van der Waals surface area contributed by atoms with Gasteiger partial charge in [0.15, 0.2) is 0 Å². The first-order chi connectivity index (χ1) is 18.0. The molecule has 0 nitrogen and oxygen atoms in total. The second-order valence-electron chi connectivity index (χ2n) is 12.1. The molecule has 0 fully saturated rings. The number of hydrogen-bond acceptors (Lipinski definition) is 3. The monoisotopic (exact) mass is 574 g/mol. The first-order valence-corrected chi connectivity index (χ1v) is 18.6. The first kappa shape index (κ1) is 38.0. The van der Waals surface area contributed by atoms with Gasteiger partial charge in [0.2, 0.25) is 0 Å². The Balaban J connectivity index is 4.08. The minimum absolute atomic E-state index is 0.0291. The number of thiol groups is 3. The standard InChI is InChI=1S/C34H70S3/c1-4-7-10-12-14-16-17-18-19-21-23-25-27-30-33(36)34(37,31-28-9-6-3)32(35)29-26-24-22-20-15-13-11-8-5-2/h32-33,35-37H,4-31H2,1-3H3. The molecule has 0 aliphatic carbocycles. The average Bonchev–Trinajstić information content (AvgIpc) is 2.90. The van der Waals surface area contributed by atoms with E-state index in [0.717, 1.165) is 0 Å². The molecule has 0 heterocycles. The highest BCUT2D eigenvalue weighted by atomic mass is 32.1.